The molecule has 2 N–H and O–H groups in total. The predicted octanol–water partition coefficient (Wildman–Crippen LogP) is 5.11. The second-order valence-corrected chi connectivity index (χ2v) is 7.34. The van der Waals surface area contributed by atoms with E-state index in [9.17, 15) is 18.7 Å². The molecule has 1 amide bonds. The molecule has 0 unspecified atom stereocenters. The van der Waals surface area contributed by atoms with Crippen molar-refractivity contribution in [3.63, 3.8) is 0 Å². The average molecular weight is 424 g/mol. The first-order valence-electron chi connectivity index (χ1n) is 9.87. The Hall–Kier alpha value is -3.61. The summed E-state index contributed by atoms with van der Waals surface area (Å²) in [6.07, 6.45) is -2.80. The van der Waals surface area contributed by atoms with E-state index in [0.29, 0.717) is 13.1 Å². The van der Waals surface area contributed by atoms with Crippen LogP contribution in [0.2, 0.25) is 0 Å². The fourth-order valence-electron chi connectivity index (χ4n) is 3.77. The van der Waals surface area contributed by atoms with E-state index in [1.165, 1.54) is 0 Å². The van der Waals surface area contributed by atoms with Crippen molar-refractivity contribution in [2.45, 2.75) is 26.1 Å². The number of benzene rings is 3. The number of alkyl halides is 2. The van der Waals surface area contributed by atoms with Gasteiger partial charge in [-0.3, -0.25) is 4.79 Å². The van der Waals surface area contributed by atoms with Gasteiger partial charge in [0, 0.05) is 31.4 Å². The van der Waals surface area contributed by atoms with Crippen LogP contribution in [0.25, 0.3) is 0 Å². The number of hydrogen-bond acceptors (Lipinski definition) is 4. The fourth-order valence-corrected chi connectivity index (χ4v) is 3.77. The third-order valence-electron chi connectivity index (χ3n) is 5.35. The van der Waals surface area contributed by atoms with Gasteiger partial charge in [-0.2, -0.15) is 0 Å². The summed E-state index contributed by atoms with van der Waals surface area (Å²) < 4.78 is 32.4. The number of aromatic hydroxyl groups is 1. The van der Waals surface area contributed by atoms with Crippen LogP contribution >= 0.6 is 0 Å². The van der Waals surface area contributed by atoms with Gasteiger partial charge >= 0.3 is 0 Å². The number of amides is 1. The number of anilines is 1. The molecular formula is C24H22F2N2O3. The van der Waals surface area contributed by atoms with E-state index in [-0.39, 0.29) is 17.9 Å². The molecule has 160 valence electrons. The van der Waals surface area contributed by atoms with Crippen LogP contribution in [0.1, 0.15) is 39.0 Å². The lowest BCUT2D eigenvalue weighted by atomic mass is 10.1. The molecule has 0 saturated heterocycles. The number of phenolic OH excluding ortho intramolecular Hbond substituents is 1. The van der Waals surface area contributed by atoms with E-state index in [1.54, 1.807) is 4.90 Å². The second-order valence-electron chi connectivity index (χ2n) is 7.34. The van der Waals surface area contributed by atoms with Crippen LogP contribution in [-0.4, -0.2) is 23.0 Å². The molecule has 1 aliphatic rings. The van der Waals surface area contributed by atoms with Crippen molar-refractivity contribution in [3.8, 4) is 11.5 Å². The molecule has 4 rings (SSSR count). The topological polar surface area (TPSA) is 61.8 Å². The van der Waals surface area contributed by atoms with E-state index >= 15 is 0 Å². The Labute approximate surface area is 178 Å². The van der Waals surface area contributed by atoms with Crippen LogP contribution in [0.4, 0.5) is 14.5 Å². The number of carbonyl (C=O) groups excluding carboxylic acids is 1. The predicted molar refractivity (Wildman–Crippen MR) is 113 cm³/mol. The normalized spacial score (nSPS) is 12.7. The minimum atomic E-state index is -2.80. The Bertz CT molecular complexity index is 1100. The Morgan fingerprint density at radius 1 is 1.13 bits per heavy atom. The monoisotopic (exact) mass is 424 g/mol. The quantitative estimate of drug-likeness (QED) is 0.578. The maximum Gasteiger partial charge on any atom is 0.264 e. The largest absolute Gasteiger partial charge is 0.507 e. The zero-order valence-corrected chi connectivity index (χ0v) is 16.9. The summed E-state index contributed by atoms with van der Waals surface area (Å²) in [6.45, 7) is 0.786. The first-order chi connectivity index (χ1) is 15.0. The van der Waals surface area contributed by atoms with Crippen LogP contribution < -0.4 is 10.1 Å². The Balaban J connectivity index is 1.66. The van der Waals surface area contributed by atoms with E-state index in [0.717, 1.165) is 34.5 Å². The zero-order valence-electron chi connectivity index (χ0n) is 16.9. The highest BCUT2D eigenvalue weighted by atomic mass is 19.3. The maximum absolute atomic E-state index is 13.3. The van der Waals surface area contributed by atoms with Gasteiger partial charge in [0.25, 0.3) is 12.3 Å². The van der Waals surface area contributed by atoms with Crippen LogP contribution in [0.15, 0.2) is 60.7 Å². The Kier molecular flexibility index (Phi) is 5.75. The molecule has 7 heteroatoms. The Morgan fingerprint density at radius 2 is 1.90 bits per heavy atom. The highest BCUT2D eigenvalue weighted by molar-refractivity contribution is 6.00. The minimum absolute atomic E-state index is 0.0612. The van der Waals surface area contributed by atoms with Gasteiger partial charge in [-0.15, -0.1) is 0 Å². The number of hydrogen-bond donors (Lipinski definition) is 2. The highest BCUT2D eigenvalue weighted by Crippen LogP contribution is 2.37. The number of ether oxygens (including phenoxy) is 1. The second kappa shape index (κ2) is 8.63. The SMILES string of the molecule is CNc1cccc2c1CN(C(=O)c1c(O)cc(C(F)F)cc1OCc1ccccc1)C2. The number of fused-ring (bicyclic) bond motifs is 1. The molecule has 3 aromatic carbocycles. The smallest absolute Gasteiger partial charge is 0.264 e. The summed E-state index contributed by atoms with van der Waals surface area (Å²) in [5, 5.41) is 13.6. The molecule has 1 heterocycles. The summed E-state index contributed by atoms with van der Waals surface area (Å²) in [5.41, 5.74) is 3.21. The molecule has 0 spiro atoms. The first kappa shape index (κ1) is 20.7. The summed E-state index contributed by atoms with van der Waals surface area (Å²) >= 11 is 0. The van der Waals surface area contributed by atoms with Crippen molar-refractivity contribution >= 4 is 11.6 Å². The fraction of sp³-hybridized carbons (Fsp3) is 0.208. The molecule has 0 fully saturated rings. The average Bonchev–Trinajstić information content (AvgIpc) is 3.22. The molecule has 0 radical (unpaired) electrons. The number of nitrogens with zero attached hydrogens (tertiary/aromatic N) is 1. The van der Waals surface area contributed by atoms with Crippen LogP contribution in [0.5, 0.6) is 11.5 Å². The van der Waals surface area contributed by atoms with Gasteiger partial charge < -0.3 is 20.1 Å². The van der Waals surface area contributed by atoms with Crippen molar-refractivity contribution in [2.75, 3.05) is 12.4 Å². The van der Waals surface area contributed by atoms with E-state index in [2.05, 4.69) is 5.32 Å². The number of carbonyl (C=O) groups is 1. The molecular weight excluding hydrogens is 402 g/mol. The summed E-state index contributed by atoms with van der Waals surface area (Å²) in [7, 11) is 1.81. The van der Waals surface area contributed by atoms with Crippen LogP contribution in [0.3, 0.4) is 0 Å². The number of rotatable bonds is 6. The lowest BCUT2D eigenvalue weighted by molar-refractivity contribution is 0.0742. The molecule has 0 saturated carbocycles. The Morgan fingerprint density at radius 3 is 2.61 bits per heavy atom. The van der Waals surface area contributed by atoms with Gasteiger partial charge in [0.15, 0.2) is 0 Å². The van der Waals surface area contributed by atoms with Gasteiger partial charge in [0.2, 0.25) is 0 Å². The maximum atomic E-state index is 13.3. The van der Waals surface area contributed by atoms with Crippen molar-refractivity contribution in [1.29, 1.82) is 0 Å². The third-order valence-corrected chi connectivity index (χ3v) is 5.35. The van der Waals surface area contributed by atoms with Crippen molar-refractivity contribution in [3.05, 3.63) is 88.5 Å². The van der Waals surface area contributed by atoms with Gasteiger partial charge in [0.1, 0.15) is 23.7 Å². The first-order valence-corrected chi connectivity index (χ1v) is 9.87. The summed E-state index contributed by atoms with van der Waals surface area (Å²) in [5.74, 6) is -1.05. The minimum Gasteiger partial charge on any atom is -0.507 e. The number of halogens is 2. The molecule has 1 aliphatic heterocycles. The molecule has 5 nitrogen and oxygen atoms in total. The van der Waals surface area contributed by atoms with E-state index in [1.807, 2.05) is 55.6 Å². The summed E-state index contributed by atoms with van der Waals surface area (Å²) in [4.78, 5) is 14.9. The number of nitrogens with one attached hydrogen (secondary N) is 1. The van der Waals surface area contributed by atoms with Crippen LogP contribution in [0, 0.1) is 0 Å². The summed E-state index contributed by atoms with van der Waals surface area (Å²) in [6, 6.07) is 17.0. The lowest BCUT2D eigenvalue weighted by Gasteiger charge is -2.20. The van der Waals surface area contributed by atoms with E-state index in [4.69, 9.17) is 4.74 Å². The van der Waals surface area contributed by atoms with Crippen molar-refractivity contribution < 1.29 is 23.4 Å². The lowest BCUT2D eigenvalue weighted by Crippen LogP contribution is -2.26. The van der Waals surface area contributed by atoms with Crippen molar-refractivity contribution in [1.82, 2.24) is 4.90 Å². The highest BCUT2D eigenvalue weighted by Gasteiger charge is 2.30. The van der Waals surface area contributed by atoms with Gasteiger partial charge in [0.05, 0.1) is 0 Å². The molecule has 0 aromatic heterocycles. The van der Waals surface area contributed by atoms with Gasteiger partial charge in [-0.05, 0) is 34.9 Å². The zero-order chi connectivity index (χ0) is 22.0. The van der Waals surface area contributed by atoms with E-state index < -0.39 is 23.6 Å². The molecule has 0 atom stereocenters. The van der Waals surface area contributed by atoms with Gasteiger partial charge in [-0.25, -0.2) is 8.78 Å². The number of phenols is 1. The molecule has 0 aliphatic carbocycles. The molecule has 0 bridgehead atoms. The third kappa shape index (κ3) is 4.17. The van der Waals surface area contributed by atoms with Crippen molar-refractivity contribution in [2.24, 2.45) is 0 Å². The van der Waals surface area contributed by atoms with Crippen LogP contribution in [-0.2, 0) is 19.7 Å². The molecule has 31 heavy (non-hydrogen) atoms. The standard InChI is InChI=1S/C24H22F2N2O3/c1-27-19-9-5-8-16-12-28(13-18(16)19)24(30)22-20(29)10-17(23(25)26)11-21(22)31-14-15-6-3-2-4-7-15/h2-11,23,27,29H,12-14H2,1H3. The molecule has 3 aromatic rings. The van der Waals surface area contributed by atoms with Gasteiger partial charge in [-0.1, -0.05) is 42.5 Å².